The van der Waals surface area contributed by atoms with Crippen molar-refractivity contribution >= 4 is 35.8 Å². The van der Waals surface area contributed by atoms with Crippen LogP contribution in [0.2, 0.25) is 0 Å². The van der Waals surface area contributed by atoms with Gasteiger partial charge in [-0.15, -0.1) is 24.0 Å². The Morgan fingerprint density at radius 1 is 1.33 bits per heavy atom. The van der Waals surface area contributed by atoms with E-state index in [4.69, 9.17) is 4.74 Å². The number of rotatable bonds is 8. The van der Waals surface area contributed by atoms with Gasteiger partial charge in [0.15, 0.2) is 5.96 Å². The molecule has 172 valence electrons. The number of hydrogen-bond acceptors (Lipinski definition) is 5. The van der Waals surface area contributed by atoms with Crippen LogP contribution < -0.4 is 16.0 Å². The van der Waals surface area contributed by atoms with Crippen LogP contribution in [0.3, 0.4) is 0 Å². The summed E-state index contributed by atoms with van der Waals surface area (Å²) in [4.78, 5) is 10.3. The summed E-state index contributed by atoms with van der Waals surface area (Å²) < 4.78 is 44.7. The second-order valence-electron chi connectivity index (χ2n) is 7.35. The van der Waals surface area contributed by atoms with E-state index < -0.39 is 11.7 Å². The number of anilines is 1. The first-order valence-corrected chi connectivity index (χ1v) is 9.84. The zero-order chi connectivity index (χ0) is 21.3. The van der Waals surface area contributed by atoms with Gasteiger partial charge in [-0.05, 0) is 18.1 Å². The summed E-state index contributed by atoms with van der Waals surface area (Å²) in [6.45, 7) is 9.23. The Labute approximate surface area is 193 Å². The van der Waals surface area contributed by atoms with Crippen LogP contribution in [0.5, 0.6) is 0 Å². The van der Waals surface area contributed by atoms with Crippen LogP contribution in [0.15, 0.2) is 23.3 Å². The summed E-state index contributed by atoms with van der Waals surface area (Å²) in [5.41, 5.74) is -0.775. The minimum atomic E-state index is -4.44. The van der Waals surface area contributed by atoms with E-state index in [-0.39, 0.29) is 42.4 Å². The highest BCUT2D eigenvalue weighted by atomic mass is 127. The molecule has 0 aliphatic carbocycles. The molecule has 1 aromatic heterocycles. The maximum absolute atomic E-state index is 13.0. The van der Waals surface area contributed by atoms with Crippen molar-refractivity contribution in [1.29, 1.82) is 0 Å². The summed E-state index contributed by atoms with van der Waals surface area (Å²) in [6.07, 6.45) is -3.04. The van der Waals surface area contributed by atoms with Crippen LogP contribution >= 0.6 is 24.0 Å². The molecule has 0 spiro atoms. The lowest BCUT2D eigenvalue weighted by Crippen LogP contribution is -2.50. The van der Waals surface area contributed by atoms with Gasteiger partial charge >= 0.3 is 6.18 Å². The molecule has 2 rings (SSSR count). The molecule has 0 bridgehead atoms. The van der Waals surface area contributed by atoms with Crippen LogP contribution in [-0.4, -0.2) is 74.9 Å². The van der Waals surface area contributed by atoms with Gasteiger partial charge in [0, 0.05) is 52.5 Å². The molecule has 11 heteroatoms. The maximum atomic E-state index is 13.0. The van der Waals surface area contributed by atoms with E-state index >= 15 is 0 Å². The van der Waals surface area contributed by atoms with E-state index in [2.05, 4.69) is 44.7 Å². The van der Waals surface area contributed by atoms with Crippen LogP contribution in [0, 0.1) is 5.92 Å². The maximum Gasteiger partial charge on any atom is 0.419 e. The number of morpholine rings is 1. The highest BCUT2D eigenvalue weighted by Gasteiger charge is 2.33. The minimum absolute atomic E-state index is 0. The summed E-state index contributed by atoms with van der Waals surface area (Å²) in [7, 11) is 1.65. The Bertz CT molecular complexity index is 659. The van der Waals surface area contributed by atoms with E-state index in [0.29, 0.717) is 31.6 Å². The van der Waals surface area contributed by atoms with Gasteiger partial charge in [0.05, 0.1) is 18.3 Å². The van der Waals surface area contributed by atoms with Crippen molar-refractivity contribution in [2.24, 2.45) is 10.9 Å². The first kappa shape index (κ1) is 26.7. The zero-order valence-corrected chi connectivity index (χ0v) is 20.0. The molecule has 1 fully saturated rings. The quantitative estimate of drug-likeness (QED) is 0.202. The molecule has 1 unspecified atom stereocenters. The molecule has 7 nitrogen and oxygen atoms in total. The summed E-state index contributed by atoms with van der Waals surface area (Å²) >= 11 is 0. The van der Waals surface area contributed by atoms with Crippen molar-refractivity contribution < 1.29 is 17.9 Å². The van der Waals surface area contributed by atoms with E-state index in [0.717, 1.165) is 25.7 Å². The fourth-order valence-corrected chi connectivity index (χ4v) is 3.15. The fraction of sp³-hybridized carbons (Fsp3) is 0.684. The topological polar surface area (TPSA) is 73.8 Å². The highest BCUT2D eigenvalue weighted by Crippen LogP contribution is 2.33. The highest BCUT2D eigenvalue weighted by molar-refractivity contribution is 14.0. The summed E-state index contributed by atoms with van der Waals surface area (Å²) in [5, 5.41) is 9.01. The predicted molar refractivity (Wildman–Crippen MR) is 124 cm³/mol. The molecule has 1 aliphatic heterocycles. The predicted octanol–water partition coefficient (Wildman–Crippen LogP) is 2.65. The summed E-state index contributed by atoms with van der Waals surface area (Å²) in [5.74, 6) is 1.01. The van der Waals surface area contributed by atoms with Crippen molar-refractivity contribution in [3.63, 3.8) is 0 Å². The number of halogens is 4. The molecule has 30 heavy (non-hydrogen) atoms. The van der Waals surface area contributed by atoms with Crippen LogP contribution in [-0.2, 0) is 10.9 Å². The Balaban J connectivity index is 0.00000450. The number of alkyl halides is 3. The van der Waals surface area contributed by atoms with Crippen LogP contribution in [0.1, 0.15) is 19.4 Å². The van der Waals surface area contributed by atoms with Crippen molar-refractivity contribution in [3.05, 3.63) is 23.9 Å². The fourth-order valence-electron chi connectivity index (χ4n) is 3.15. The second-order valence-corrected chi connectivity index (χ2v) is 7.35. The Morgan fingerprint density at radius 2 is 2.10 bits per heavy atom. The normalized spacial score (nSPS) is 18.1. The first-order chi connectivity index (χ1) is 13.8. The van der Waals surface area contributed by atoms with E-state index in [1.165, 1.54) is 12.3 Å². The number of guanidine groups is 1. The smallest absolute Gasteiger partial charge is 0.374 e. The zero-order valence-electron chi connectivity index (χ0n) is 17.6. The standard InChI is InChI=1S/C19H31F3N6O.HI/c1-14(2)12-28-9-10-29-15(13-28)11-27-18(23-3)26-8-7-25-17-16(19(20,21)22)5-4-6-24-17;/h4-6,14-15H,7-13H2,1-3H3,(H,24,25)(H2,23,26,27);1H. The van der Waals surface area contributed by atoms with Crippen molar-refractivity contribution in [3.8, 4) is 0 Å². The Morgan fingerprint density at radius 3 is 2.77 bits per heavy atom. The van der Waals surface area contributed by atoms with Crippen molar-refractivity contribution in [2.45, 2.75) is 26.1 Å². The van der Waals surface area contributed by atoms with Gasteiger partial charge in [-0.25, -0.2) is 4.98 Å². The number of pyridine rings is 1. The molecule has 0 saturated carbocycles. The molecule has 1 saturated heterocycles. The molecule has 1 aliphatic rings. The lowest BCUT2D eigenvalue weighted by Gasteiger charge is -2.34. The molecule has 2 heterocycles. The number of hydrogen-bond donors (Lipinski definition) is 3. The molecular formula is C19H32F3IN6O. The molecular weight excluding hydrogens is 512 g/mol. The van der Waals surface area contributed by atoms with Gasteiger partial charge in [-0.1, -0.05) is 13.8 Å². The van der Waals surface area contributed by atoms with E-state index in [9.17, 15) is 13.2 Å². The van der Waals surface area contributed by atoms with Crippen LogP contribution in [0.4, 0.5) is 19.0 Å². The average Bonchev–Trinajstić information content (AvgIpc) is 2.67. The Hall–Kier alpha value is -1.34. The second kappa shape index (κ2) is 13.2. The minimum Gasteiger partial charge on any atom is -0.374 e. The van der Waals surface area contributed by atoms with Gasteiger partial charge in [0.2, 0.25) is 0 Å². The number of aliphatic imine (C=N–C) groups is 1. The van der Waals surface area contributed by atoms with Crippen molar-refractivity contribution in [2.75, 3.05) is 58.2 Å². The number of ether oxygens (including phenoxy) is 1. The molecule has 1 atom stereocenters. The largest absolute Gasteiger partial charge is 0.419 e. The van der Waals surface area contributed by atoms with Gasteiger partial charge in [0.25, 0.3) is 0 Å². The average molecular weight is 544 g/mol. The van der Waals surface area contributed by atoms with Gasteiger partial charge in [-0.3, -0.25) is 9.89 Å². The van der Waals surface area contributed by atoms with Crippen molar-refractivity contribution in [1.82, 2.24) is 20.5 Å². The lowest BCUT2D eigenvalue weighted by atomic mass is 10.2. The number of nitrogens with one attached hydrogen (secondary N) is 3. The third-order valence-electron chi connectivity index (χ3n) is 4.39. The molecule has 0 radical (unpaired) electrons. The lowest BCUT2D eigenvalue weighted by molar-refractivity contribution is -0.137. The number of nitrogens with zero attached hydrogens (tertiary/aromatic N) is 3. The molecule has 3 N–H and O–H groups in total. The SMILES string of the molecule is CN=C(NCCNc1ncccc1C(F)(F)F)NCC1CN(CC(C)C)CCO1.I. The third-order valence-corrected chi connectivity index (χ3v) is 4.39. The number of aromatic nitrogens is 1. The van der Waals surface area contributed by atoms with E-state index in [1.54, 1.807) is 7.05 Å². The van der Waals surface area contributed by atoms with Gasteiger partial charge in [-0.2, -0.15) is 13.2 Å². The third kappa shape index (κ3) is 9.21. The first-order valence-electron chi connectivity index (χ1n) is 9.84. The van der Waals surface area contributed by atoms with Crippen LogP contribution in [0.25, 0.3) is 0 Å². The van der Waals surface area contributed by atoms with E-state index in [1.807, 2.05) is 0 Å². The molecule has 1 aromatic rings. The summed E-state index contributed by atoms with van der Waals surface area (Å²) in [6, 6.07) is 2.28. The van der Waals surface area contributed by atoms with Gasteiger partial charge in [0.1, 0.15) is 5.82 Å². The monoisotopic (exact) mass is 544 g/mol. The van der Waals surface area contributed by atoms with Gasteiger partial charge < -0.3 is 20.7 Å². The Kier molecular flexibility index (Phi) is 11.7. The molecule has 0 aromatic carbocycles. The molecule has 0 amide bonds.